The van der Waals surface area contributed by atoms with E-state index in [1.165, 1.54) is 0 Å². The third kappa shape index (κ3) is 3.58. The molecule has 2 amide bonds. The van der Waals surface area contributed by atoms with Gasteiger partial charge in [-0.3, -0.25) is 14.3 Å². The number of aromatic nitrogens is 2. The average Bonchev–Trinajstić information content (AvgIpc) is 2.97. The Morgan fingerprint density at radius 2 is 1.76 bits per heavy atom. The second-order valence-electron chi connectivity index (χ2n) is 7.31. The van der Waals surface area contributed by atoms with Gasteiger partial charge in [0.2, 0.25) is 5.91 Å². The quantitative estimate of drug-likeness (QED) is 0.636. The molecular formula is C22H21BrN4O2. The fourth-order valence-electron chi connectivity index (χ4n) is 3.82. The topological polar surface area (TPSA) is 76.0 Å². The lowest BCUT2D eigenvalue weighted by Gasteiger charge is -2.32. The number of nitrogens with one attached hydrogen (secondary N) is 2. The zero-order valence-corrected chi connectivity index (χ0v) is 17.9. The lowest BCUT2D eigenvalue weighted by Crippen LogP contribution is -2.50. The number of amides is 2. The van der Waals surface area contributed by atoms with Gasteiger partial charge in [0.25, 0.3) is 5.91 Å². The van der Waals surface area contributed by atoms with Crippen molar-refractivity contribution in [2.75, 3.05) is 5.32 Å². The maximum Gasteiger partial charge on any atom is 0.251 e. The third-order valence-electron chi connectivity index (χ3n) is 5.27. The Bertz CT molecular complexity index is 1090. The first-order chi connectivity index (χ1) is 13.8. The summed E-state index contributed by atoms with van der Waals surface area (Å²) in [5.41, 5.74) is 4.27. The molecule has 1 aliphatic heterocycles. The Morgan fingerprint density at radius 3 is 2.41 bits per heavy atom. The summed E-state index contributed by atoms with van der Waals surface area (Å²) in [5.74, 6) is -0.206. The number of fused-ring (bicyclic) bond motifs is 1. The van der Waals surface area contributed by atoms with E-state index in [1.54, 1.807) is 23.9 Å². The number of carbonyl (C=O) groups is 2. The minimum absolute atomic E-state index is 0.256. The molecule has 1 aromatic heterocycles. The zero-order chi connectivity index (χ0) is 20.7. The van der Waals surface area contributed by atoms with Gasteiger partial charge in [0.1, 0.15) is 11.9 Å². The number of halogens is 1. The average molecular weight is 453 g/mol. The van der Waals surface area contributed by atoms with E-state index in [9.17, 15) is 9.59 Å². The molecule has 148 valence electrons. The lowest BCUT2D eigenvalue weighted by atomic mass is 9.82. The number of benzene rings is 2. The van der Waals surface area contributed by atoms with Crippen molar-refractivity contribution in [1.82, 2.24) is 15.1 Å². The molecule has 2 aromatic carbocycles. The van der Waals surface area contributed by atoms with Gasteiger partial charge in [0, 0.05) is 28.6 Å². The van der Waals surface area contributed by atoms with E-state index in [2.05, 4.69) is 31.7 Å². The van der Waals surface area contributed by atoms with E-state index in [1.807, 2.05) is 50.2 Å². The molecular weight excluding hydrogens is 432 g/mol. The molecule has 2 N–H and O–H groups in total. The van der Waals surface area contributed by atoms with Gasteiger partial charge in [0.15, 0.2) is 0 Å². The maximum atomic E-state index is 13.0. The first kappa shape index (κ1) is 19.4. The van der Waals surface area contributed by atoms with Crippen molar-refractivity contribution in [3.63, 3.8) is 0 Å². The van der Waals surface area contributed by atoms with Crippen LogP contribution in [0.3, 0.4) is 0 Å². The number of hydrogen-bond acceptors (Lipinski definition) is 3. The molecule has 2 heterocycles. The van der Waals surface area contributed by atoms with E-state index in [0.29, 0.717) is 11.4 Å². The Balaban J connectivity index is 1.77. The van der Waals surface area contributed by atoms with Crippen LogP contribution in [0.5, 0.6) is 0 Å². The second kappa shape index (κ2) is 7.48. The first-order valence-electron chi connectivity index (χ1n) is 9.32. The summed E-state index contributed by atoms with van der Waals surface area (Å²) in [6.07, 6.45) is 0. The van der Waals surface area contributed by atoms with Crippen LogP contribution in [-0.4, -0.2) is 27.6 Å². The number of aryl methyl sites for hydroxylation is 3. The van der Waals surface area contributed by atoms with Crippen molar-refractivity contribution in [3.8, 4) is 0 Å². The van der Waals surface area contributed by atoms with Crippen molar-refractivity contribution in [2.45, 2.75) is 25.8 Å². The van der Waals surface area contributed by atoms with Gasteiger partial charge >= 0.3 is 0 Å². The number of rotatable bonds is 3. The monoisotopic (exact) mass is 452 g/mol. The highest BCUT2D eigenvalue weighted by atomic mass is 79.9. The summed E-state index contributed by atoms with van der Waals surface area (Å²) in [5, 5.41) is 10.3. The predicted molar refractivity (Wildman–Crippen MR) is 115 cm³/mol. The van der Waals surface area contributed by atoms with E-state index < -0.39 is 6.04 Å². The smallest absolute Gasteiger partial charge is 0.251 e. The predicted octanol–water partition coefficient (Wildman–Crippen LogP) is 3.68. The van der Waals surface area contributed by atoms with Gasteiger partial charge in [-0.05, 0) is 43.7 Å². The third-order valence-corrected chi connectivity index (χ3v) is 5.80. The van der Waals surface area contributed by atoms with Crippen molar-refractivity contribution < 1.29 is 9.59 Å². The Morgan fingerprint density at radius 1 is 1.10 bits per heavy atom. The number of hydrogen-bond donors (Lipinski definition) is 2. The summed E-state index contributed by atoms with van der Waals surface area (Å²) >= 11 is 3.46. The van der Waals surface area contributed by atoms with Gasteiger partial charge in [-0.25, -0.2) is 0 Å². The van der Waals surface area contributed by atoms with Crippen molar-refractivity contribution >= 4 is 33.6 Å². The number of anilines is 1. The molecule has 1 aliphatic rings. The highest BCUT2D eigenvalue weighted by Gasteiger charge is 2.41. The van der Waals surface area contributed by atoms with Crippen LogP contribution in [0.4, 0.5) is 5.82 Å². The van der Waals surface area contributed by atoms with Crippen molar-refractivity contribution in [1.29, 1.82) is 0 Å². The van der Waals surface area contributed by atoms with Crippen LogP contribution in [-0.2, 0) is 11.8 Å². The molecule has 3 aromatic rings. The number of nitrogens with zero attached hydrogens (tertiary/aromatic N) is 2. The van der Waals surface area contributed by atoms with Crippen LogP contribution in [0.15, 0.2) is 53.0 Å². The fraction of sp³-hybridized carbons (Fsp3) is 0.227. The largest absolute Gasteiger partial charge is 0.339 e. The standard InChI is InChI=1S/C22H21BrN4O2/c1-12-4-6-15(7-5-12)21(28)24-19-18(14-8-10-16(23)11-9-14)17-13(2)26-27(3)20(17)25-22(19)29/h4-11,18-19H,1-3H3,(H,24,28)(H,25,29). The van der Waals surface area contributed by atoms with E-state index >= 15 is 0 Å². The molecule has 29 heavy (non-hydrogen) atoms. The molecule has 0 aliphatic carbocycles. The van der Waals surface area contributed by atoms with Gasteiger partial charge in [0.05, 0.1) is 5.69 Å². The minimum atomic E-state index is -0.750. The molecule has 0 fully saturated rings. The summed E-state index contributed by atoms with van der Waals surface area (Å²) in [6.45, 7) is 3.88. The fourth-order valence-corrected chi connectivity index (χ4v) is 4.08. The van der Waals surface area contributed by atoms with Crippen LogP contribution < -0.4 is 10.6 Å². The second-order valence-corrected chi connectivity index (χ2v) is 8.22. The van der Waals surface area contributed by atoms with Crippen molar-refractivity contribution in [3.05, 3.63) is 81.0 Å². The van der Waals surface area contributed by atoms with Crippen LogP contribution >= 0.6 is 15.9 Å². The molecule has 2 atom stereocenters. The minimum Gasteiger partial charge on any atom is -0.339 e. The van der Waals surface area contributed by atoms with Crippen LogP contribution in [0, 0.1) is 13.8 Å². The van der Waals surface area contributed by atoms with E-state index in [-0.39, 0.29) is 17.7 Å². The lowest BCUT2D eigenvalue weighted by molar-refractivity contribution is -0.118. The summed E-state index contributed by atoms with van der Waals surface area (Å²) in [7, 11) is 1.80. The molecule has 0 bridgehead atoms. The molecule has 7 heteroatoms. The van der Waals surface area contributed by atoms with Crippen LogP contribution in [0.25, 0.3) is 0 Å². The van der Waals surface area contributed by atoms with Gasteiger partial charge in [-0.15, -0.1) is 0 Å². The Kier molecular flexibility index (Phi) is 5.00. The Labute approximate surface area is 177 Å². The van der Waals surface area contributed by atoms with Crippen LogP contribution in [0.2, 0.25) is 0 Å². The van der Waals surface area contributed by atoms with Gasteiger partial charge in [-0.2, -0.15) is 5.10 Å². The number of carbonyl (C=O) groups excluding carboxylic acids is 2. The first-order valence-corrected chi connectivity index (χ1v) is 10.1. The van der Waals surface area contributed by atoms with Crippen LogP contribution in [0.1, 0.15) is 38.7 Å². The summed E-state index contributed by atoms with van der Waals surface area (Å²) < 4.78 is 2.62. The molecule has 0 spiro atoms. The normalized spacial score (nSPS) is 18.1. The van der Waals surface area contributed by atoms with Crippen molar-refractivity contribution in [2.24, 2.45) is 7.05 Å². The Hall–Kier alpha value is -2.93. The highest BCUT2D eigenvalue weighted by Crippen LogP contribution is 2.39. The van der Waals surface area contributed by atoms with E-state index in [4.69, 9.17) is 0 Å². The molecule has 4 rings (SSSR count). The van der Waals surface area contributed by atoms with Gasteiger partial charge in [-0.1, -0.05) is 45.8 Å². The maximum absolute atomic E-state index is 13.0. The molecule has 2 unspecified atom stereocenters. The summed E-state index contributed by atoms with van der Waals surface area (Å²) in [6, 6.07) is 14.3. The SMILES string of the molecule is Cc1ccc(C(=O)NC2C(=O)Nc3c(c(C)nn3C)C2c2ccc(Br)cc2)cc1. The molecule has 0 saturated heterocycles. The molecule has 6 nitrogen and oxygen atoms in total. The molecule has 0 radical (unpaired) electrons. The summed E-state index contributed by atoms with van der Waals surface area (Å²) in [4.78, 5) is 25.9. The van der Waals surface area contributed by atoms with Gasteiger partial charge < -0.3 is 10.6 Å². The highest BCUT2D eigenvalue weighted by molar-refractivity contribution is 9.10. The zero-order valence-electron chi connectivity index (χ0n) is 16.4. The molecule has 0 saturated carbocycles. The van der Waals surface area contributed by atoms with E-state index in [0.717, 1.165) is 26.9 Å².